The van der Waals surface area contributed by atoms with Gasteiger partial charge < -0.3 is 19.2 Å². The monoisotopic (exact) mass is 383 g/mol. The minimum Gasteiger partial charge on any atom is -0.441 e. The summed E-state index contributed by atoms with van der Waals surface area (Å²) < 4.78 is 11.1. The first-order chi connectivity index (χ1) is 13.6. The predicted molar refractivity (Wildman–Crippen MR) is 103 cm³/mol. The summed E-state index contributed by atoms with van der Waals surface area (Å²) >= 11 is 0. The van der Waals surface area contributed by atoms with Crippen molar-refractivity contribution in [3.63, 3.8) is 0 Å². The molecule has 1 saturated heterocycles. The van der Waals surface area contributed by atoms with Gasteiger partial charge in [0.25, 0.3) is 0 Å². The Morgan fingerprint density at radius 2 is 2.04 bits per heavy atom. The van der Waals surface area contributed by atoms with E-state index in [1.807, 2.05) is 43.0 Å². The Kier molecular flexibility index (Phi) is 5.27. The molecule has 0 unspecified atom stereocenters. The molecule has 1 aliphatic heterocycles. The maximum atomic E-state index is 12.4. The van der Waals surface area contributed by atoms with E-state index < -0.39 is 0 Å². The molecule has 0 spiro atoms. The molecule has 1 aliphatic rings. The van der Waals surface area contributed by atoms with Crippen molar-refractivity contribution in [2.45, 2.75) is 44.9 Å². The molecule has 0 radical (unpaired) electrons. The first-order valence-electron chi connectivity index (χ1n) is 9.81. The van der Waals surface area contributed by atoms with Gasteiger partial charge in [0.2, 0.25) is 5.89 Å². The molecule has 28 heavy (non-hydrogen) atoms. The number of carbonyl (C=O) groups excluding carboxylic acids is 1. The van der Waals surface area contributed by atoms with Crippen molar-refractivity contribution in [1.82, 2.24) is 25.3 Å². The fraction of sp³-hybridized carbons (Fsp3) is 0.500. The van der Waals surface area contributed by atoms with Gasteiger partial charge in [-0.1, -0.05) is 31.1 Å². The molecule has 0 atom stereocenters. The molecule has 1 fully saturated rings. The molecule has 148 valence electrons. The standard InChI is InChI=1S/C20H25N5O3/c1-13(2)18-23-19(28-24-18)14-8-11-25(12-9-14)20(26)21-10-7-17-22-15-5-3-4-6-16(15)27-17/h3-6,13-14H,7-12H2,1-2H3,(H,21,26). The van der Waals surface area contributed by atoms with Gasteiger partial charge in [-0.3, -0.25) is 0 Å². The molecule has 8 heteroatoms. The number of rotatable bonds is 5. The molecule has 3 aromatic rings. The highest BCUT2D eigenvalue weighted by Gasteiger charge is 2.27. The van der Waals surface area contributed by atoms with Crippen LogP contribution in [-0.4, -0.2) is 45.7 Å². The van der Waals surface area contributed by atoms with Crippen LogP contribution in [0.1, 0.15) is 56.1 Å². The molecule has 0 bridgehead atoms. The van der Waals surface area contributed by atoms with Gasteiger partial charge in [-0.25, -0.2) is 9.78 Å². The van der Waals surface area contributed by atoms with Gasteiger partial charge in [-0.05, 0) is 25.0 Å². The van der Waals surface area contributed by atoms with Gasteiger partial charge in [0.15, 0.2) is 17.3 Å². The van der Waals surface area contributed by atoms with Crippen LogP contribution in [0.2, 0.25) is 0 Å². The van der Waals surface area contributed by atoms with Gasteiger partial charge in [0, 0.05) is 37.9 Å². The van der Waals surface area contributed by atoms with Crippen LogP contribution < -0.4 is 5.32 Å². The van der Waals surface area contributed by atoms with E-state index in [-0.39, 0.29) is 17.9 Å². The van der Waals surface area contributed by atoms with Gasteiger partial charge in [-0.2, -0.15) is 4.98 Å². The SMILES string of the molecule is CC(C)c1noc(C2CCN(C(=O)NCCc3nc4ccccc4o3)CC2)n1. The Morgan fingerprint density at radius 1 is 1.25 bits per heavy atom. The molecule has 4 rings (SSSR count). The number of urea groups is 1. The average Bonchev–Trinajstić information content (AvgIpc) is 3.35. The molecule has 8 nitrogen and oxygen atoms in total. The highest BCUT2D eigenvalue weighted by Crippen LogP contribution is 2.27. The van der Waals surface area contributed by atoms with E-state index in [9.17, 15) is 4.79 Å². The third-order valence-corrected chi connectivity index (χ3v) is 5.06. The zero-order valence-corrected chi connectivity index (χ0v) is 16.2. The normalized spacial score (nSPS) is 15.5. The van der Waals surface area contributed by atoms with Crippen molar-refractivity contribution < 1.29 is 13.7 Å². The summed E-state index contributed by atoms with van der Waals surface area (Å²) in [4.78, 5) is 23.2. The zero-order valence-electron chi connectivity index (χ0n) is 16.2. The molecular formula is C20H25N5O3. The molecule has 0 aliphatic carbocycles. The summed E-state index contributed by atoms with van der Waals surface area (Å²) in [6.07, 6.45) is 2.23. The molecule has 2 aromatic heterocycles. The number of aromatic nitrogens is 3. The predicted octanol–water partition coefficient (Wildman–Crippen LogP) is 3.47. The lowest BCUT2D eigenvalue weighted by atomic mass is 9.97. The van der Waals surface area contributed by atoms with Crippen LogP contribution in [0.25, 0.3) is 11.1 Å². The number of amides is 2. The minimum absolute atomic E-state index is 0.0528. The number of hydrogen-bond donors (Lipinski definition) is 1. The summed E-state index contributed by atoms with van der Waals surface area (Å²) in [5.41, 5.74) is 1.61. The van der Waals surface area contributed by atoms with Crippen molar-refractivity contribution in [2.75, 3.05) is 19.6 Å². The van der Waals surface area contributed by atoms with E-state index in [0.29, 0.717) is 37.8 Å². The van der Waals surface area contributed by atoms with Crippen molar-refractivity contribution >= 4 is 17.1 Å². The Balaban J connectivity index is 1.23. The van der Waals surface area contributed by atoms with Crippen LogP contribution in [0.4, 0.5) is 4.79 Å². The molecule has 1 aromatic carbocycles. The van der Waals surface area contributed by atoms with E-state index in [0.717, 1.165) is 29.8 Å². The van der Waals surface area contributed by atoms with E-state index in [2.05, 4.69) is 20.4 Å². The number of hydrogen-bond acceptors (Lipinski definition) is 6. The van der Waals surface area contributed by atoms with E-state index in [1.54, 1.807) is 0 Å². The minimum atomic E-state index is -0.0528. The van der Waals surface area contributed by atoms with Gasteiger partial charge in [0.05, 0.1) is 0 Å². The fourth-order valence-corrected chi connectivity index (χ4v) is 3.39. The lowest BCUT2D eigenvalue weighted by molar-refractivity contribution is 0.175. The van der Waals surface area contributed by atoms with Gasteiger partial charge in [0.1, 0.15) is 5.52 Å². The number of oxazole rings is 1. The van der Waals surface area contributed by atoms with Gasteiger partial charge >= 0.3 is 6.03 Å². The quantitative estimate of drug-likeness (QED) is 0.724. The fourth-order valence-electron chi connectivity index (χ4n) is 3.39. The number of fused-ring (bicyclic) bond motifs is 1. The molecular weight excluding hydrogens is 358 g/mol. The van der Waals surface area contributed by atoms with E-state index >= 15 is 0 Å². The Bertz CT molecular complexity index is 907. The number of carbonyl (C=O) groups is 1. The van der Waals surface area contributed by atoms with Gasteiger partial charge in [-0.15, -0.1) is 0 Å². The topological polar surface area (TPSA) is 97.3 Å². The number of likely N-dealkylation sites (tertiary alicyclic amines) is 1. The summed E-state index contributed by atoms with van der Waals surface area (Å²) in [5.74, 6) is 2.56. The maximum Gasteiger partial charge on any atom is 0.317 e. The summed E-state index contributed by atoms with van der Waals surface area (Å²) in [5, 5.41) is 6.99. The largest absolute Gasteiger partial charge is 0.441 e. The molecule has 2 amide bonds. The van der Waals surface area contributed by atoms with Crippen LogP contribution in [-0.2, 0) is 6.42 Å². The third kappa shape index (κ3) is 4.00. The highest BCUT2D eigenvalue weighted by atomic mass is 16.5. The van der Waals surface area contributed by atoms with Crippen LogP contribution in [0.3, 0.4) is 0 Å². The number of para-hydroxylation sites is 2. The maximum absolute atomic E-state index is 12.4. The number of benzene rings is 1. The smallest absolute Gasteiger partial charge is 0.317 e. The second-order valence-corrected chi connectivity index (χ2v) is 7.46. The van der Waals surface area contributed by atoms with Crippen LogP contribution in [0.15, 0.2) is 33.2 Å². The summed E-state index contributed by atoms with van der Waals surface area (Å²) in [6.45, 7) is 5.94. The molecule has 3 heterocycles. The van der Waals surface area contributed by atoms with Crippen LogP contribution in [0.5, 0.6) is 0 Å². The first-order valence-corrected chi connectivity index (χ1v) is 9.81. The molecule has 0 saturated carbocycles. The van der Waals surface area contributed by atoms with E-state index in [4.69, 9.17) is 8.94 Å². The van der Waals surface area contributed by atoms with Crippen LogP contribution >= 0.6 is 0 Å². The molecule has 1 N–H and O–H groups in total. The Morgan fingerprint density at radius 3 is 2.75 bits per heavy atom. The summed E-state index contributed by atoms with van der Waals surface area (Å²) in [6, 6.07) is 7.60. The second kappa shape index (κ2) is 8.00. The Hall–Kier alpha value is -2.90. The van der Waals surface area contributed by atoms with Crippen LogP contribution in [0, 0.1) is 0 Å². The number of piperidine rings is 1. The van der Waals surface area contributed by atoms with Crippen molar-refractivity contribution in [1.29, 1.82) is 0 Å². The lowest BCUT2D eigenvalue weighted by Gasteiger charge is -2.30. The second-order valence-electron chi connectivity index (χ2n) is 7.46. The van der Waals surface area contributed by atoms with E-state index in [1.165, 1.54) is 0 Å². The lowest BCUT2D eigenvalue weighted by Crippen LogP contribution is -2.44. The van der Waals surface area contributed by atoms with Crippen molar-refractivity contribution in [3.8, 4) is 0 Å². The first kappa shape index (κ1) is 18.5. The third-order valence-electron chi connectivity index (χ3n) is 5.06. The Labute approximate surface area is 163 Å². The zero-order chi connectivity index (χ0) is 19.5. The summed E-state index contributed by atoms with van der Waals surface area (Å²) in [7, 11) is 0. The number of nitrogens with zero attached hydrogens (tertiary/aromatic N) is 4. The average molecular weight is 383 g/mol. The highest BCUT2D eigenvalue weighted by molar-refractivity contribution is 5.74. The van der Waals surface area contributed by atoms with Crippen molar-refractivity contribution in [2.24, 2.45) is 0 Å². The number of nitrogens with one attached hydrogen (secondary N) is 1. The van der Waals surface area contributed by atoms with Crippen molar-refractivity contribution in [3.05, 3.63) is 41.9 Å².